The van der Waals surface area contributed by atoms with Crippen LogP contribution in [0.15, 0.2) is 29.4 Å². The van der Waals surface area contributed by atoms with E-state index in [-0.39, 0.29) is 17.0 Å². The fourth-order valence-electron chi connectivity index (χ4n) is 1.07. The van der Waals surface area contributed by atoms with Crippen LogP contribution in [0, 0.1) is 0 Å². The predicted molar refractivity (Wildman–Crippen MR) is 57.6 cm³/mol. The van der Waals surface area contributed by atoms with Crippen molar-refractivity contribution in [2.24, 2.45) is 10.9 Å². The Kier molecular flexibility index (Phi) is 4.04. The van der Waals surface area contributed by atoms with Gasteiger partial charge in [-0.2, -0.15) is 0 Å². The lowest BCUT2D eigenvalue weighted by Gasteiger charge is -2.04. The zero-order chi connectivity index (χ0) is 12.8. The molecule has 0 aliphatic carbocycles. The molecule has 0 atom stereocenters. The molecule has 7 nitrogen and oxygen atoms in total. The van der Waals surface area contributed by atoms with Crippen LogP contribution in [0.25, 0.3) is 0 Å². The number of hydrogen-bond donors (Lipinski definition) is 2. The second-order valence-electron chi connectivity index (χ2n) is 2.87. The van der Waals surface area contributed by atoms with E-state index in [0.29, 0.717) is 0 Å². The van der Waals surface area contributed by atoms with Gasteiger partial charge >= 0.3 is 12.1 Å². The van der Waals surface area contributed by atoms with Crippen LogP contribution in [0.2, 0.25) is 0 Å². The molecule has 0 aromatic heterocycles. The Morgan fingerprint density at radius 1 is 1.29 bits per heavy atom. The van der Waals surface area contributed by atoms with Crippen molar-refractivity contribution in [2.45, 2.75) is 0 Å². The first-order valence-corrected chi connectivity index (χ1v) is 4.47. The molecule has 90 valence electrons. The molecule has 1 aromatic carbocycles. The molecule has 1 aromatic rings. The summed E-state index contributed by atoms with van der Waals surface area (Å²) in [7, 11) is 1.11. The Morgan fingerprint density at radius 2 is 1.88 bits per heavy atom. The minimum absolute atomic E-state index is 0.0396. The minimum atomic E-state index is -1.16. The van der Waals surface area contributed by atoms with Crippen LogP contribution in [0.1, 0.15) is 15.9 Å². The lowest BCUT2D eigenvalue weighted by Crippen LogP contribution is -2.19. The number of carboxylic acid groups (broad SMARTS) is 1. The van der Waals surface area contributed by atoms with Gasteiger partial charge in [-0.15, -0.1) is 0 Å². The van der Waals surface area contributed by atoms with Crippen molar-refractivity contribution in [3.8, 4) is 0 Å². The smallest absolute Gasteiger partial charge is 0.478 e. The highest BCUT2D eigenvalue weighted by Gasteiger charge is 2.12. The molecule has 7 heteroatoms. The number of carboxylic acids is 1. The molecule has 0 saturated heterocycles. The van der Waals surface area contributed by atoms with E-state index in [1.54, 1.807) is 12.1 Å². The van der Waals surface area contributed by atoms with E-state index in [0.717, 1.165) is 7.11 Å². The summed E-state index contributed by atoms with van der Waals surface area (Å²) in [6, 6.07) is 5.94. The van der Waals surface area contributed by atoms with Gasteiger partial charge in [-0.3, -0.25) is 4.84 Å². The second kappa shape index (κ2) is 5.50. The Hall–Kier alpha value is -2.57. The summed E-state index contributed by atoms with van der Waals surface area (Å²) < 4.78 is 4.17. The molecule has 0 fully saturated rings. The normalized spacial score (nSPS) is 10.8. The molecule has 3 N–H and O–H groups in total. The topological polar surface area (TPSA) is 111 Å². The zero-order valence-electron chi connectivity index (χ0n) is 8.91. The first kappa shape index (κ1) is 12.5. The number of carbonyl (C=O) groups is 2. The van der Waals surface area contributed by atoms with Crippen molar-refractivity contribution >= 4 is 18.0 Å². The predicted octanol–water partition coefficient (Wildman–Crippen LogP) is 0.788. The summed E-state index contributed by atoms with van der Waals surface area (Å²) >= 11 is 0. The van der Waals surface area contributed by atoms with Gasteiger partial charge in [0.15, 0.2) is 5.84 Å². The number of carbonyl (C=O) groups excluding carboxylic acids is 1. The molecule has 1 rings (SSSR count). The molecule has 0 saturated carbocycles. The lowest BCUT2D eigenvalue weighted by atomic mass is 10.1. The minimum Gasteiger partial charge on any atom is -0.478 e. The molecule has 0 heterocycles. The third-order valence-corrected chi connectivity index (χ3v) is 1.82. The van der Waals surface area contributed by atoms with Crippen LogP contribution in [0.5, 0.6) is 0 Å². The highest BCUT2D eigenvalue weighted by atomic mass is 16.8. The number of nitrogens with two attached hydrogens (primary N) is 1. The van der Waals surface area contributed by atoms with Gasteiger partial charge < -0.3 is 15.6 Å². The van der Waals surface area contributed by atoms with Gasteiger partial charge in [-0.25, -0.2) is 9.59 Å². The number of aromatic carboxylic acids is 1. The quantitative estimate of drug-likeness (QED) is 0.265. The first-order chi connectivity index (χ1) is 8.06. The Morgan fingerprint density at radius 3 is 2.41 bits per heavy atom. The molecule has 0 radical (unpaired) electrons. The molecule has 0 spiro atoms. The van der Waals surface area contributed by atoms with Crippen molar-refractivity contribution in [3.05, 3.63) is 35.4 Å². The molecular formula is C10H10N2O5. The van der Waals surface area contributed by atoms with E-state index in [1.807, 2.05) is 0 Å². The largest absolute Gasteiger partial charge is 0.534 e. The standard InChI is InChI=1S/C10H10N2O5/c1-16-10(15)17-12-8(11)6-4-2-3-5-7(6)9(13)14/h2-5H,1H3,(H2,11,12)(H,13,14). The number of amidine groups is 1. The Balaban J connectivity index is 2.99. The summed E-state index contributed by atoms with van der Waals surface area (Å²) in [4.78, 5) is 25.8. The maximum Gasteiger partial charge on any atom is 0.534 e. The second-order valence-corrected chi connectivity index (χ2v) is 2.87. The molecule has 0 unspecified atom stereocenters. The van der Waals surface area contributed by atoms with Crippen LogP contribution in [0.4, 0.5) is 4.79 Å². The van der Waals surface area contributed by atoms with Crippen LogP contribution in [0.3, 0.4) is 0 Å². The van der Waals surface area contributed by atoms with Crippen molar-refractivity contribution in [1.82, 2.24) is 0 Å². The van der Waals surface area contributed by atoms with Crippen LogP contribution in [-0.2, 0) is 9.57 Å². The van der Waals surface area contributed by atoms with Crippen molar-refractivity contribution in [2.75, 3.05) is 7.11 Å². The average Bonchev–Trinajstić information content (AvgIpc) is 2.35. The zero-order valence-corrected chi connectivity index (χ0v) is 8.91. The highest BCUT2D eigenvalue weighted by molar-refractivity contribution is 6.06. The third-order valence-electron chi connectivity index (χ3n) is 1.82. The number of oxime groups is 1. The number of benzene rings is 1. The lowest BCUT2D eigenvalue weighted by molar-refractivity contribution is 0.0696. The van der Waals surface area contributed by atoms with Crippen molar-refractivity contribution in [3.63, 3.8) is 0 Å². The van der Waals surface area contributed by atoms with E-state index >= 15 is 0 Å². The maximum atomic E-state index is 10.9. The van der Waals surface area contributed by atoms with E-state index in [2.05, 4.69) is 14.7 Å². The van der Waals surface area contributed by atoms with Crippen molar-refractivity contribution < 1.29 is 24.3 Å². The summed E-state index contributed by atoms with van der Waals surface area (Å²) in [5, 5.41) is 12.2. The number of hydrogen-bond acceptors (Lipinski definition) is 5. The van der Waals surface area contributed by atoms with Crippen LogP contribution in [-0.4, -0.2) is 30.2 Å². The molecule has 0 amide bonds. The van der Waals surface area contributed by atoms with E-state index in [9.17, 15) is 9.59 Å². The highest BCUT2D eigenvalue weighted by Crippen LogP contribution is 2.08. The number of rotatable bonds is 3. The number of ether oxygens (including phenoxy) is 1. The summed E-state index contributed by atoms with van der Waals surface area (Å²) in [6.45, 7) is 0. The van der Waals surface area contributed by atoms with Crippen LogP contribution < -0.4 is 5.73 Å². The van der Waals surface area contributed by atoms with Gasteiger partial charge in [0.05, 0.1) is 12.7 Å². The van der Waals surface area contributed by atoms with Gasteiger partial charge in [0.25, 0.3) is 0 Å². The van der Waals surface area contributed by atoms with E-state index in [1.165, 1.54) is 12.1 Å². The first-order valence-electron chi connectivity index (χ1n) is 4.47. The fraction of sp³-hybridized carbons (Fsp3) is 0.100. The molecule has 0 bridgehead atoms. The van der Waals surface area contributed by atoms with E-state index < -0.39 is 12.1 Å². The third kappa shape index (κ3) is 3.20. The average molecular weight is 238 g/mol. The monoisotopic (exact) mass is 238 g/mol. The summed E-state index contributed by atoms with van der Waals surface area (Å²) in [5.74, 6) is -1.38. The molecule has 0 aliphatic heterocycles. The van der Waals surface area contributed by atoms with Gasteiger partial charge in [-0.1, -0.05) is 23.4 Å². The summed E-state index contributed by atoms with van der Waals surface area (Å²) in [5.41, 5.74) is 5.61. The van der Waals surface area contributed by atoms with Crippen molar-refractivity contribution in [1.29, 1.82) is 0 Å². The molecular weight excluding hydrogens is 228 g/mol. The fourth-order valence-corrected chi connectivity index (χ4v) is 1.07. The summed E-state index contributed by atoms with van der Waals surface area (Å²) in [6.07, 6.45) is -1.04. The maximum absolute atomic E-state index is 10.9. The molecule has 17 heavy (non-hydrogen) atoms. The molecule has 0 aliphatic rings. The van der Waals surface area contributed by atoms with Gasteiger partial charge in [0.1, 0.15) is 0 Å². The Labute approximate surface area is 96.4 Å². The van der Waals surface area contributed by atoms with Gasteiger partial charge in [-0.05, 0) is 6.07 Å². The number of nitrogens with zero attached hydrogens (tertiary/aromatic N) is 1. The van der Waals surface area contributed by atoms with Gasteiger partial charge in [0.2, 0.25) is 0 Å². The van der Waals surface area contributed by atoms with E-state index in [4.69, 9.17) is 10.8 Å². The Bertz CT molecular complexity index is 470. The van der Waals surface area contributed by atoms with Crippen LogP contribution >= 0.6 is 0 Å². The SMILES string of the molecule is COC(=O)ON=C(N)c1ccccc1C(=O)O. The number of methoxy groups -OCH3 is 1. The van der Waals surface area contributed by atoms with Gasteiger partial charge in [0, 0.05) is 5.56 Å².